The van der Waals surface area contributed by atoms with Gasteiger partial charge in [-0.15, -0.1) is 11.3 Å². The minimum Gasteiger partial charge on any atom is -0.227 e. The fourth-order valence-corrected chi connectivity index (χ4v) is 2.87. The summed E-state index contributed by atoms with van der Waals surface area (Å²) in [6.45, 7) is 4.33. The largest absolute Gasteiger partial charge is 0.227 e. The van der Waals surface area contributed by atoms with Gasteiger partial charge in [-0.05, 0) is 35.1 Å². The van der Waals surface area contributed by atoms with Gasteiger partial charge in [-0.3, -0.25) is 0 Å². The van der Waals surface area contributed by atoms with Gasteiger partial charge in [0.1, 0.15) is 5.15 Å². The first-order chi connectivity index (χ1) is 9.15. The Bertz CT molecular complexity index is 720. The summed E-state index contributed by atoms with van der Waals surface area (Å²) in [5, 5.41) is 3.46. The van der Waals surface area contributed by atoms with Crippen molar-refractivity contribution < 1.29 is 0 Å². The number of hydrogen-bond donors (Lipinski definition) is 0. The van der Waals surface area contributed by atoms with Crippen LogP contribution in [-0.4, -0.2) is 9.97 Å². The van der Waals surface area contributed by atoms with Crippen LogP contribution in [0.1, 0.15) is 25.3 Å². The monoisotopic (exact) mass is 288 g/mol. The molecule has 2 aromatic heterocycles. The van der Waals surface area contributed by atoms with Crippen molar-refractivity contribution in [2.24, 2.45) is 0 Å². The molecule has 3 aromatic rings. The molecule has 2 heterocycles. The molecule has 96 valence electrons. The quantitative estimate of drug-likeness (QED) is 0.611. The number of aromatic nitrogens is 2. The summed E-state index contributed by atoms with van der Waals surface area (Å²) in [5.41, 5.74) is 2.15. The van der Waals surface area contributed by atoms with Crippen LogP contribution >= 0.6 is 22.9 Å². The highest BCUT2D eigenvalue weighted by molar-refractivity contribution is 7.13. The van der Waals surface area contributed by atoms with Gasteiger partial charge in [0.15, 0.2) is 5.82 Å². The van der Waals surface area contributed by atoms with Crippen molar-refractivity contribution in [1.82, 2.24) is 9.97 Å². The summed E-state index contributed by atoms with van der Waals surface area (Å²) >= 11 is 7.93. The molecule has 0 radical (unpaired) electrons. The molecule has 0 saturated heterocycles. The van der Waals surface area contributed by atoms with Crippen LogP contribution in [0.15, 0.2) is 35.7 Å². The van der Waals surface area contributed by atoms with Crippen LogP contribution in [0.3, 0.4) is 0 Å². The van der Waals surface area contributed by atoms with E-state index in [0.29, 0.717) is 16.9 Å². The zero-order valence-electron chi connectivity index (χ0n) is 10.7. The molecule has 0 unspecified atom stereocenters. The van der Waals surface area contributed by atoms with Crippen molar-refractivity contribution in [3.63, 3.8) is 0 Å². The Morgan fingerprint density at radius 3 is 2.68 bits per heavy atom. The van der Waals surface area contributed by atoms with E-state index >= 15 is 0 Å². The molecule has 0 bridgehead atoms. The van der Waals surface area contributed by atoms with Crippen LogP contribution in [-0.2, 0) is 0 Å². The highest BCUT2D eigenvalue weighted by Gasteiger charge is 2.10. The first-order valence-corrected chi connectivity index (χ1v) is 7.42. The standard InChI is InChI=1S/C15H13ClN2S/c1-9(2)10-5-6-12-11(8-10)14(16)18-15(17-12)13-4-3-7-19-13/h3-9H,1-2H3. The Balaban J connectivity index is 2.20. The summed E-state index contributed by atoms with van der Waals surface area (Å²) < 4.78 is 0. The number of halogens is 1. The van der Waals surface area contributed by atoms with E-state index in [2.05, 4.69) is 35.9 Å². The molecule has 2 nitrogen and oxygen atoms in total. The summed E-state index contributed by atoms with van der Waals surface area (Å²) in [7, 11) is 0. The van der Waals surface area contributed by atoms with Crippen molar-refractivity contribution >= 4 is 33.8 Å². The van der Waals surface area contributed by atoms with Gasteiger partial charge in [-0.25, -0.2) is 9.97 Å². The first-order valence-electron chi connectivity index (χ1n) is 6.16. The molecule has 0 aliphatic carbocycles. The SMILES string of the molecule is CC(C)c1ccc2nc(-c3cccs3)nc(Cl)c2c1. The zero-order valence-corrected chi connectivity index (χ0v) is 12.3. The van der Waals surface area contributed by atoms with Crippen molar-refractivity contribution in [3.8, 4) is 10.7 Å². The first kappa shape index (κ1) is 12.6. The smallest absolute Gasteiger partial charge is 0.171 e. The van der Waals surface area contributed by atoms with Crippen LogP contribution in [0.4, 0.5) is 0 Å². The maximum Gasteiger partial charge on any atom is 0.171 e. The minimum absolute atomic E-state index is 0.470. The van der Waals surface area contributed by atoms with Crippen molar-refractivity contribution in [2.75, 3.05) is 0 Å². The molecule has 0 spiro atoms. The van der Waals surface area contributed by atoms with Gasteiger partial charge >= 0.3 is 0 Å². The van der Waals surface area contributed by atoms with E-state index in [1.54, 1.807) is 11.3 Å². The topological polar surface area (TPSA) is 25.8 Å². The Morgan fingerprint density at radius 1 is 1.16 bits per heavy atom. The molecule has 19 heavy (non-hydrogen) atoms. The number of thiophene rings is 1. The summed E-state index contributed by atoms with van der Waals surface area (Å²) in [6.07, 6.45) is 0. The summed E-state index contributed by atoms with van der Waals surface area (Å²) in [5.74, 6) is 1.17. The van der Waals surface area contributed by atoms with Gasteiger partial charge in [0.25, 0.3) is 0 Å². The second-order valence-corrected chi connectivity index (χ2v) is 6.05. The number of rotatable bonds is 2. The minimum atomic E-state index is 0.470. The predicted octanol–water partition coefficient (Wildman–Crippen LogP) is 5.14. The fourth-order valence-electron chi connectivity index (χ4n) is 1.98. The Kier molecular flexibility index (Phi) is 3.25. The van der Waals surface area contributed by atoms with E-state index in [4.69, 9.17) is 11.6 Å². The molecule has 0 aliphatic heterocycles. The second kappa shape index (κ2) is 4.91. The number of hydrogen-bond acceptors (Lipinski definition) is 3. The molecule has 0 amide bonds. The average Bonchev–Trinajstić information content (AvgIpc) is 2.92. The van der Waals surface area contributed by atoms with Gasteiger partial charge in [-0.1, -0.05) is 37.6 Å². The number of nitrogens with zero attached hydrogens (tertiary/aromatic N) is 2. The lowest BCUT2D eigenvalue weighted by Crippen LogP contribution is -1.93. The van der Waals surface area contributed by atoms with E-state index in [0.717, 1.165) is 15.8 Å². The third-order valence-electron chi connectivity index (χ3n) is 3.08. The summed E-state index contributed by atoms with van der Waals surface area (Å²) in [6, 6.07) is 10.2. The van der Waals surface area contributed by atoms with Gasteiger partial charge in [-0.2, -0.15) is 0 Å². The third-order valence-corrected chi connectivity index (χ3v) is 4.24. The van der Waals surface area contributed by atoms with Gasteiger partial charge in [0.05, 0.1) is 10.4 Å². The maximum absolute atomic E-state index is 6.31. The lowest BCUT2D eigenvalue weighted by atomic mass is 10.0. The van der Waals surface area contributed by atoms with Gasteiger partial charge in [0.2, 0.25) is 0 Å². The van der Waals surface area contributed by atoms with E-state index in [1.807, 2.05) is 23.6 Å². The van der Waals surface area contributed by atoms with Gasteiger partial charge in [0, 0.05) is 5.39 Å². The second-order valence-electron chi connectivity index (χ2n) is 4.75. The molecule has 0 aliphatic rings. The molecule has 0 atom stereocenters. The molecule has 4 heteroatoms. The van der Waals surface area contributed by atoms with Crippen molar-refractivity contribution in [1.29, 1.82) is 0 Å². The summed E-state index contributed by atoms with van der Waals surface area (Å²) in [4.78, 5) is 10.0. The van der Waals surface area contributed by atoms with E-state index < -0.39 is 0 Å². The van der Waals surface area contributed by atoms with E-state index in [-0.39, 0.29) is 0 Å². The van der Waals surface area contributed by atoms with Crippen LogP contribution in [0.5, 0.6) is 0 Å². The van der Waals surface area contributed by atoms with Crippen molar-refractivity contribution in [3.05, 3.63) is 46.4 Å². The van der Waals surface area contributed by atoms with E-state index in [1.165, 1.54) is 5.56 Å². The highest BCUT2D eigenvalue weighted by Crippen LogP contribution is 2.29. The van der Waals surface area contributed by atoms with Crippen LogP contribution in [0.2, 0.25) is 5.15 Å². The molecular weight excluding hydrogens is 276 g/mol. The Hall–Kier alpha value is -1.45. The predicted molar refractivity (Wildman–Crippen MR) is 82.0 cm³/mol. The normalized spacial score (nSPS) is 11.4. The number of fused-ring (bicyclic) bond motifs is 1. The lowest BCUT2D eigenvalue weighted by molar-refractivity contribution is 0.868. The third kappa shape index (κ3) is 2.36. The molecule has 0 saturated carbocycles. The number of benzene rings is 1. The fraction of sp³-hybridized carbons (Fsp3) is 0.200. The Labute approximate surface area is 121 Å². The van der Waals surface area contributed by atoms with Crippen LogP contribution in [0, 0.1) is 0 Å². The Morgan fingerprint density at radius 2 is 2.00 bits per heavy atom. The van der Waals surface area contributed by atoms with E-state index in [9.17, 15) is 0 Å². The lowest BCUT2D eigenvalue weighted by Gasteiger charge is -2.08. The molecule has 3 rings (SSSR count). The zero-order chi connectivity index (χ0) is 13.4. The molecular formula is C15H13ClN2S. The van der Waals surface area contributed by atoms with Crippen LogP contribution < -0.4 is 0 Å². The van der Waals surface area contributed by atoms with Crippen LogP contribution in [0.25, 0.3) is 21.6 Å². The highest BCUT2D eigenvalue weighted by atomic mass is 35.5. The molecule has 0 N–H and O–H groups in total. The maximum atomic E-state index is 6.31. The van der Waals surface area contributed by atoms with Gasteiger partial charge < -0.3 is 0 Å². The van der Waals surface area contributed by atoms with Crippen molar-refractivity contribution in [2.45, 2.75) is 19.8 Å². The molecule has 1 aromatic carbocycles. The average molecular weight is 289 g/mol. The molecule has 0 fully saturated rings.